The second-order valence-electron chi connectivity index (χ2n) is 3.48. The Bertz CT molecular complexity index is 347. The number of hydrogen-bond acceptors (Lipinski definition) is 2. The molecule has 0 aliphatic heterocycles. The number of alkyl halides is 3. The number of rotatable bonds is 2. The third-order valence-corrected chi connectivity index (χ3v) is 1.98. The third kappa shape index (κ3) is 2.86. The van der Waals surface area contributed by atoms with Crippen molar-refractivity contribution >= 4 is 0 Å². The fourth-order valence-electron chi connectivity index (χ4n) is 1.38. The lowest BCUT2D eigenvalue weighted by Crippen LogP contribution is -2.20. The molecule has 1 rings (SSSR count). The lowest BCUT2D eigenvalue weighted by Gasteiger charge is -2.15. The molecule has 1 atom stereocenters. The van der Waals surface area contributed by atoms with Gasteiger partial charge in [0.2, 0.25) is 0 Å². The minimum Gasteiger partial charge on any atom is -0.508 e. The Labute approximate surface area is 85.5 Å². The number of benzene rings is 1. The van der Waals surface area contributed by atoms with E-state index in [0.717, 1.165) is 6.07 Å². The fraction of sp³-hybridized carbons (Fsp3) is 0.400. The largest absolute Gasteiger partial charge is 0.508 e. The zero-order chi connectivity index (χ0) is 11.6. The van der Waals surface area contributed by atoms with Gasteiger partial charge < -0.3 is 10.8 Å². The van der Waals surface area contributed by atoms with Crippen molar-refractivity contribution in [3.8, 4) is 5.75 Å². The van der Waals surface area contributed by atoms with Crippen molar-refractivity contribution in [1.29, 1.82) is 0 Å². The van der Waals surface area contributed by atoms with E-state index < -0.39 is 17.8 Å². The zero-order valence-electron chi connectivity index (χ0n) is 8.17. The average molecular weight is 219 g/mol. The highest BCUT2D eigenvalue weighted by atomic mass is 19.4. The molecule has 0 amide bonds. The lowest BCUT2D eigenvalue weighted by molar-refractivity contribution is -0.138. The van der Waals surface area contributed by atoms with Gasteiger partial charge in [-0.25, -0.2) is 0 Å². The monoisotopic (exact) mass is 219 g/mol. The maximum Gasteiger partial charge on any atom is 0.416 e. The summed E-state index contributed by atoms with van der Waals surface area (Å²) in [6.07, 6.45) is -4.45. The molecule has 0 aliphatic carbocycles. The Hall–Kier alpha value is -1.23. The van der Waals surface area contributed by atoms with E-state index >= 15 is 0 Å². The van der Waals surface area contributed by atoms with Crippen LogP contribution in [0.3, 0.4) is 0 Å². The molecule has 0 heterocycles. The van der Waals surface area contributed by atoms with Crippen molar-refractivity contribution in [2.24, 2.45) is 5.73 Å². The molecule has 1 aromatic carbocycles. The summed E-state index contributed by atoms with van der Waals surface area (Å²) in [7, 11) is 0. The maximum absolute atomic E-state index is 12.5. The molecule has 0 bridgehead atoms. The van der Waals surface area contributed by atoms with Gasteiger partial charge in [-0.1, -0.05) is 6.07 Å². The van der Waals surface area contributed by atoms with Crippen LogP contribution in [0.25, 0.3) is 0 Å². The van der Waals surface area contributed by atoms with Gasteiger partial charge in [0.05, 0.1) is 5.56 Å². The van der Waals surface area contributed by atoms with Crippen LogP contribution >= 0.6 is 0 Å². The first kappa shape index (κ1) is 11.8. The summed E-state index contributed by atoms with van der Waals surface area (Å²) in [5.74, 6) is -0.359. The molecule has 15 heavy (non-hydrogen) atoms. The highest BCUT2D eigenvalue weighted by molar-refractivity contribution is 5.41. The minimum absolute atomic E-state index is 0.00150. The summed E-state index contributed by atoms with van der Waals surface area (Å²) in [6, 6.07) is 2.91. The third-order valence-electron chi connectivity index (χ3n) is 1.98. The Morgan fingerprint density at radius 3 is 2.47 bits per heavy atom. The quantitative estimate of drug-likeness (QED) is 0.801. The second-order valence-corrected chi connectivity index (χ2v) is 3.48. The molecule has 5 heteroatoms. The van der Waals surface area contributed by atoms with Crippen molar-refractivity contribution in [1.82, 2.24) is 0 Å². The van der Waals surface area contributed by atoms with Crippen molar-refractivity contribution < 1.29 is 18.3 Å². The molecule has 3 N–H and O–H groups in total. The van der Waals surface area contributed by atoms with Gasteiger partial charge in [0.25, 0.3) is 0 Å². The predicted octanol–water partition coefficient (Wildman–Crippen LogP) is 2.30. The van der Waals surface area contributed by atoms with Gasteiger partial charge in [0.1, 0.15) is 5.75 Å². The second kappa shape index (κ2) is 4.10. The molecule has 0 spiro atoms. The number of halogens is 3. The van der Waals surface area contributed by atoms with E-state index in [1.54, 1.807) is 6.92 Å². The average Bonchev–Trinajstić information content (AvgIpc) is 2.05. The summed E-state index contributed by atoms with van der Waals surface area (Å²) >= 11 is 0. The number of phenolic OH excluding ortho intramolecular Hbond substituents is 1. The topological polar surface area (TPSA) is 46.2 Å². The Morgan fingerprint density at radius 2 is 2.00 bits per heavy atom. The van der Waals surface area contributed by atoms with Crippen LogP contribution in [0.4, 0.5) is 13.2 Å². The van der Waals surface area contributed by atoms with E-state index in [4.69, 9.17) is 5.73 Å². The molecule has 0 radical (unpaired) electrons. The van der Waals surface area contributed by atoms with Crippen molar-refractivity contribution in [2.75, 3.05) is 0 Å². The molecule has 0 aliphatic rings. The Morgan fingerprint density at radius 1 is 1.40 bits per heavy atom. The molecular weight excluding hydrogens is 207 g/mol. The molecule has 0 aromatic heterocycles. The molecule has 0 fully saturated rings. The standard InChI is InChI=1S/C10H12F3NO/c1-6(14)5-7-8(10(11,12)13)3-2-4-9(7)15/h2-4,6,15H,5,14H2,1H3. The van der Waals surface area contributed by atoms with Crippen molar-refractivity contribution in [3.63, 3.8) is 0 Å². The summed E-state index contributed by atoms with van der Waals surface area (Å²) in [4.78, 5) is 0. The lowest BCUT2D eigenvalue weighted by atomic mass is 10.00. The van der Waals surface area contributed by atoms with E-state index in [-0.39, 0.29) is 17.7 Å². The Kier molecular flexibility index (Phi) is 3.24. The predicted molar refractivity (Wildman–Crippen MR) is 50.5 cm³/mol. The highest BCUT2D eigenvalue weighted by Crippen LogP contribution is 2.35. The van der Waals surface area contributed by atoms with Crippen molar-refractivity contribution in [2.45, 2.75) is 25.6 Å². The molecule has 2 nitrogen and oxygen atoms in total. The maximum atomic E-state index is 12.5. The summed E-state index contributed by atoms with van der Waals surface area (Å²) in [5, 5.41) is 9.35. The van der Waals surface area contributed by atoms with E-state index in [2.05, 4.69) is 0 Å². The van der Waals surface area contributed by atoms with Gasteiger partial charge in [0, 0.05) is 11.6 Å². The van der Waals surface area contributed by atoms with Gasteiger partial charge >= 0.3 is 6.18 Å². The van der Waals surface area contributed by atoms with E-state index in [9.17, 15) is 18.3 Å². The number of nitrogens with two attached hydrogens (primary N) is 1. The van der Waals surface area contributed by atoms with E-state index in [1.807, 2.05) is 0 Å². The summed E-state index contributed by atoms with van der Waals surface area (Å²) in [5.41, 5.74) is 4.47. The van der Waals surface area contributed by atoms with Gasteiger partial charge in [-0.15, -0.1) is 0 Å². The van der Waals surface area contributed by atoms with E-state index in [1.165, 1.54) is 12.1 Å². The van der Waals surface area contributed by atoms with Crippen LogP contribution in [0.1, 0.15) is 18.1 Å². The number of aromatic hydroxyl groups is 1. The first-order chi connectivity index (χ1) is 6.82. The van der Waals surface area contributed by atoms with Crippen LogP contribution in [-0.4, -0.2) is 11.1 Å². The normalized spacial score (nSPS) is 13.9. The first-order valence-corrected chi connectivity index (χ1v) is 4.46. The summed E-state index contributed by atoms with van der Waals surface area (Å²) < 4.78 is 37.6. The fourth-order valence-corrected chi connectivity index (χ4v) is 1.38. The molecule has 1 aromatic rings. The first-order valence-electron chi connectivity index (χ1n) is 4.46. The number of hydrogen-bond donors (Lipinski definition) is 2. The highest BCUT2D eigenvalue weighted by Gasteiger charge is 2.34. The molecule has 0 saturated carbocycles. The van der Waals surface area contributed by atoms with Crippen LogP contribution in [0.2, 0.25) is 0 Å². The zero-order valence-corrected chi connectivity index (χ0v) is 8.17. The molecular formula is C10H12F3NO. The van der Waals surface area contributed by atoms with Gasteiger partial charge in [-0.3, -0.25) is 0 Å². The summed E-state index contributed by atoms with van der Waals surface area (Å²) in [6.45, 7) is 1.59. The van der Waals surface area contributed by atoms with E-state index in [0.29, 0.717) is 0 Å². The minimum atomic E-state index is -4.46. The SMILES string of the molecule is CC(N)Cc1c(O)cccc1C(F)(F)F. The van der Waals surface area contributed by atoms with Gasteiger partial charge in [0.15, 0.2) is 0 Å². The molecule has 1 unspecified atom stereocenters. The number of phenols is 1. The van der Waals surface area contributed by atoms with Gasteiger partial charge in [-0.05, 0) is 25.5 Å². The molecule has 0 saturated heterocycles. The van der Waals surface area contributed by atoms with Crippen LogP contribution in [-0.2, 0) is 12.6 Å². The van der Waals surface area contributed by atoms with Crippen LogP contribution in [0.5, 0.6) is 5.75 Å². The van der Waals surface area contributed by atoms with Crippen molar-refractivity contribution in [3.05, 3.63) is 29.3 Å². The molecule has 84 valence electrons. The smallest absolute Gasteiger partial charge is 0.416 e. The van der Waals surface area contributed by atoms with Gasteiger partial charge in [-0.2, -0.15) is 13.2 Å². The van der Waals surface area contributed by atoms with Crippen LogP contribution in [0.15, 0.2) is 18.2 Å². The van der Waals surface area contributed by atoms with Crippen LogP contribution in [0, 0.1) is 0 Å². The Balaban J connectivity index is 3.21. The van der Waals surface area contributed by atoms with Crippen LogP contribution < -0.4 is 5.73 Å².